The molecule has 3 heterocycles. The summed E-state index contributed by atoms with van der Waals surface area (Å²) in [7, 11) is 0. The molecule has 1 N–H and O–H groups in total. The van der Waals surface area contributed by atoms with Crippen molar-refractivity contribution in [3.8, 4) is 0 Å². The first-order valence-corrected chi connectivity index (χ1v) is 12.0. The van der Waals surface area contributed by atoms with Crippen molar-refractivity contribution in [1.29, 1.82) is 0 Å². The zero-order valence-corrected chi connectivity index (χ0v) is 18.8. The first kappa shape index (κ1) is 21.0. The number of nitrogens with one attached hydrogen (secondary N) is 1. The lowest BCUT2D eigenvalue weighted by molar-refractivity contribution is 0.0710. The average Bonchev–Trinajstić information content (AvgIpc) is 3.03. The Morgan fingerprint density at radius 3 is 2.87 bits per heavy atom. The summed E-state index contributed by atoms with van der Waals surface area (Å²) in [4.78, 5) is 34.8. The van der Waals surface area contributed by atoms with Gasteiger partial charge in [-0.2, -0.15) is 0 Å². The highest BCUT2D eigenvalue weighted by Gasteiger charge is 2.30. The Bertz CT molecular complexity index is 897. The van der Waals surface area contributed by atoms with Crippen molar-refractivity contribution < 1.29 is 9.59 Å². The summed E-state index contributed by atoms with van der Waals surface area (Å²) in [5.74, 6) is 0.148. The summed E-state index contributed by atoms with van der Waals surface area (Å²) in [6.07, 6.45) is 9.58. The normalized spacial score (nSPS) is 19.3. The number of likely N-dealkylation sites (tertiary alicyclic amines) is 1. The molecule has 2 amide bonds. The summed E-state index contributed by atoms with van der Waals surface area (Å²) >= 11 is 1.69. The Hall–Kier alpha value is -2.21. The van der Waals surface area contributed by atoms with E-state index in [0.717, 1.165) is 42.8 Å². The van der Waals surface area contributed by atoms with Crippen LogP contribution in [-0.4, -0.2) is 40.8 Å². The lowest BCUT2D eigenvalue weighted by Crippen LogP contribution is -2.40. The second kappa shape index (κ2) is 9.29. The number of amides is 2. The molecule has 1 aliphatic heterocycles. The van der Waals surface area contributed by atoms with Crippen LogP contribution in [0.3, 0.4) is 0 Å². The maximum atomic E-state index is 13.3. The SMILES string of the molecule is CC(C)NC(=O)c1cccnc1[C@@H]1CCCN(C(=O)c2cc3c(s2)CCCCC3)C1. The molecule has 0 aromatic carbocycles. The van der Waals surface area contributed by atoms with Crippen LogP contribution in [0, 0.1) is 0 Å². The fourth-order valence-corrected chi connectivity index (χ4v) is 5.81. The van der Waals surface area contributed by atoms with E-state index < -0.39 is 0 Å². The number of fused-ring (bicyclic) bond motifs is 1. The predicted octanol–water partition coefficient (Wildman–Crippen LogP) is 4.57. The van der Waals surface area contributed by atoms with Gasteiger partial charge >= 0.3 is 0 Å². The van der Waals surface area contributed by atoms with Gasteiger partial charge in [-0.25, -0.2) is 0 Å². The van der Waals surface area contributed by atoms with Gasteiger partial charge in [-0.1, -0.05) is 6.42 Å². The molecule has 0 unspecified atom stereocenters. The molecule has 2 aromatic rings. The minimum atomic E-state index is -0.0847. The van der Waals surface area contributed by atoms with Crippen LogP contribution in [-0.2, 0) is 12.8 Å². The van der Waals surface area contributed by atoms with E-state index in [4.69, 9.17) is 0 Å². The van der Waals surface area contributed by atoms with Crippen LogP contribution in [0.15, 0.2) is 24.4 Å². The number of rotatable bonds is 4. The molecule has 160 valence electrons. The number of pyridine rings is 1. The molecule has 6 heteroatoms. The molecular formula is C24H31N3O2S. The third kappa shape index (κ3) is 4.59. The fourth-order valence-electron chi connectivity index (χ4n) is 4.59. The van der Waals surface area contributed by atoms with Crippen LogP contribution < -0.4 is 5.32 Å². The highest BCUT2D eigenvalue weighted by molar-refractivity contribution is 7.14. The third-order valence-electron chi connectivity index (χ3n) is 6.06. The van der Waals surface area contributed by atoms with Gasteiger partial charge in [-0.3, -0.25) is 14.6 Å². The molecule has 1 saturated heterocycles. The highest BCUT2D eigenvalue weighted by Crippen LogP contribution is 2.32. The molecular weight excluding hydrogens is 394 g/mol. The molecule has 4 rings (SSSR count). The first-order valence-electron chi connectivity index (χ1n) is 11.2. The lowest BCUT2D eigenvalue weighted by atomic mass is 9.91. The van der Waals surface area contributed by atoms with E-state index in [-0.39, 0.29) is 23.8 Å². The van der Waals surface area contributed by atoms with Crippen molar-refractivity contribution in [2.45, 2.75) is 70.8 Å². The zero-order valence-electron chi connectivity index (χ0n) is 17.9. The molecule has 5 nitrogen and oxygen atoms in total. The van der Waals surface area contributed by atoms with Crippen molar-refractivity contribution in [2.24, 2.45) is 0 Å². The van der Waals surface area contributed by atoms with Crippen LogP contribution in [0.1, 0.15) is 88.0 Å². The van der Waals surface area contributed by atoms with Gasteiger partial charge in [0.2, 0.25) is 0 Å². The molecule has 0 bridgehead atoms. The Morgan fingerprint density at radius 1 is 1.20 bits per heavy atom. The monoisotopic (exact) mass is 425 g/mol. The van der Waals surface area contributed by atoms with E-state index in [1.807, 2.05) is 30.9 Å². The van der Waals surface area contributed by atoms with Crippen molar-refractivity contribution in [1.82, 2.24) is 15.2 Å². The van der Waals surface area contributed by atoms with Crippen LogP contribution in [0.4, 0.5) is 0 Å². The minimum absolute atomic E-state index is 0.0732. The molecule has 2 aromatic heterocycles. The molecule has 1 fully saturated rings. The maximum Gasteiger partial charge on any atom is 0.263 e. The van der Waals surface area contributed by atoms with E-state index >= 15 is 0 Å². The van der Waals surface area contributed by atoms with Gasteiger partial charge in [-0.05, 0) is 76.1 Å². The number of nitrogens with zero attached hydrogens (tertiary/aromatic N) is 2. The summed E-state index contributed by atoms with van der Waals surface area (Å²) in [5, 5.41) is 2.97. The zero-order chi connectivity index (χ0) is 21.1. The van der Waals surface area contributed by atoms with Crippen molar-refractivity contribution in [2.75, 3.05) is 13.1 Å². The molecule has 0 spiro atoms. The van der Waals surface area contributed by atoms with Crippen LogP contribution >= 0.6 is 11.3 Å². The van der Waals surface area contributed by atoms with Crippen LogP contribution in [0.25, 0.3) is 0 Å². The fraction of sp³-hybridized carbons (Fsp3) is 0.542. The summed E-state index contributed by atoms with van der Waals surface area (Å²) in [6.45, 7) is 5.31. The number of carbonyl (C=O) groups excluding carboxylic acids is 2. The van der Waals surface area contributed by atoms with Crippen LogP contribution in [0.5, 0.6) is 0 Å². The average molecular weight is 426 g/mol. The third-order valence-corrected chi connectivity index (χ3v) is 7.28. The first-order chi connectivity index (χ1) is 14.5. The van der Waals surface area contributed by atoms with Crippen LogP contribution in [0.2, 0.25) is 0 Å². The number of carbonyl (C=O) groups is 2. The number of aryl methyl sites for hydroxylation is 2. The van der Waals surface area contributed by atoms with Gasteiger partial charge in [-0.15, -0.1) is 11.3 Å². The molecule has 2 aliphatic rings. The molecule has 0 radical (unpaired) electrons. The Kier molecular flexibility index (Phi) is 6.52. The maximum absolute atomic E-state index is 13.3. The topological polar surface area (TPSA) is 62.3 Å². The van der Waals surface area contributed by atoms with E-state index in [0.29, 0.717) is 12.1 Å². The van der Waals surface area contributed by atoms with Gasteiger partial charge in [0.25, 0.3) is 11.8 Å². The summed E-state index contributed by atoms with van der Waals surface area (Å²) in [6, 6.07) is 5.86. The van der Waals surface area contributed by atoms with Crippen molar-refractivity contribution >= 4 is 23.2 Å². The van der Waals surface area contributed by atoms with E-state index in [1.54, 1.807) is 17.5 Å². The Balaban J connectivity index is 1.52. The smallest absolute Gasteiger partial charge is 0.263 e. The number of thiophene rings is 1. The summed E-state index contributed by atoms with van der Waals surface area (Å²) in [5.41, 5.74) is 2.83. The number of hydrogen-bond donors (Lipinski definition) is 1. The molecule has 0 saturated carbocycles. The second-order valence-corrected chi connectivity index (χ2v) is 9.91. The predicted molar refractivity (Wildman–Crippen MR) is 120 cm³/mol. The molecule has 30 heavy (non-hydrogen) atoms. The van der Waals surface area contributed by atoms with E-state index in [2.05, 4.69) is 16.4 Å². The quantitative estimate of drug-likeness (QED) is 0.730. The highest BCUT2D eigenvalue weighted by atomic mass is 32.1. The van der Waals surface area contributed by atoms with Gasteiger partial charge < -0.3 is 10.2 Å². The number of hydrogen-bond acceptors (Lipinski definition) is 4. The van der Waals surface area contributed by atoms with E-state index in [1.165, 1.54) is 29.7 Å². The standard InChI is InChI=1S/C24H31N3O2S/c1-16(2)26-23(28)19-10-6-12-25-22(19)18-9-7-13-27(15-18)24(29)21-14-17-8-4-3-5-11-20(17)30-21/h6,10,12,14,16,18H,3-5,7-9,11,13,15H2,1-2H3,(H,26,28)/t18-/m1/s1. The summed E-state index contributed by atoms with van der Waals surface area (Å²) < 4.78 is 0. The lowest BCUT2D eigenvalue weighted by Gasteiger charge is -2.33. The number of aromatic nitrogens is 1. The van der Waals surface area contributed by atoms with Crippen molar-refractivity contribution in [3.63, 3.8) is 0 Å². The number of piperidine rings is 1. The molecule has 1 atom stereocenters. The minimum Gasteiger partial charge on any atom is -0.350 e. The van der Waals surface area contributed by atoms with Gasteiger partial charge in [0.15, 0.2) is 0 Å². The van der Waals surface area contributed by atoms with Gasteiger partial charge in [0, 0.05) is 36.1 Å². The van der Waals surface area contributed by atoms with Gasteiger partial charge in [0.1, 0.15) is 0 Å². The Morgan fingerprint density at radius 2 is 2.03 bits per heavy atom. The molecule has 1 aliphatic carbocycles. The van der Waals surface area contributed by atoms with Crippen molar-refractivity contribution in [3.05, 3.63) is 51.0 Å². The van der Waals surface area contributed by atoms with Gasteiger partial charge in [0.05, 0.1) is 16.1 Å². The Labute approximate surface area is 182 Å². The second-order valence-electron chi connectivity index (χ2n) is 8.77. The largest absolute Gasteiger partial charge is 0.350 e. The van der Waals surface area contributed by atoms with E-state index in [9.17, 15) is 9.59 Å².